The molecule has 0 N–H and O–H groups in total. The van der Waals surface area contributed by atoms with Crippen LogP contribution in [0.5, 0.6) is 0 Å². The Morgan fingerprint density at radius 1 is 0.745 bits per heavy atom. The fraction of sp³-hybridized carbons (Fsp3) is 0.857. The number of allylic oxidation sites excluding steroid dienone is 5. The molecule has 2 unspecified atom stereocenters. The number of rotatable bonds is 20. The molecule has 0 aliphatic heterocycles. The quantitative estimate of drug-likeness (QED) is 0.0717. The molecule has 0 amide bonds. The van der Waals surface area contributed by atoms with E-state index in [0.717, 1.165) is 43.4 Å². The Hall–Kier alpha value is -1.31. The molecule has 0 aromatic rings. The number of hydrogen-bond donors (Lipinski definition) is 0. The number of ether oxygens (including phenoxy) is 1. The minimum atomic E-state index is 0.0682. The minimum Gasteiger partial charge on any atom is -0.462 e. The van der Waals surface area contributed by atoms with Gasteiger partial charge in [0, 0.05) is 11.8 Å². The number of unbranched alkanes of at least 4 members (excludes halogenated alkanes) is 8. The maximum Gasteiger partial charge on any atom is 0.306 e. The van der Waals surface area contributed by atoms with E-state index in [4.69, 9.17) is 4.74 Å². The summed E-state index contributed by atoms with van der Waals surface area (Å²) < 4.78 is 6.41. The lowest BCUT2D eigenvalue weighted by Gasteiger charge is -2.63. The van der Waals surface area contributed by atoms with Crippen molar-refractivity contribution in [3.63, 3.8) is 0 Å². The molecule has 2 heteroatoms. The van der Waals surface area contributed by atoms with Crippen LogP contribution in [0.1, 0.15) is 203 Å². The van der Waals surface area contributed by atoms with Crippen LogP contribution in [-0.2, 0) is 9.53 Å². The van der Waals surface area contributed by atoms with Crippen LogP contribution in [-0.4, -0.2) is 12.1 Å². The molecule has 10 atom stereocenters. The van der Waals surface area contributed by atoms with Crippen LogP contribution in [0, 0.1) is 56.7 Å². The lowest BCUT2D eigenvalue weighted by molar-refractivity contribution is -0.183. The Balaban J connectivity index is 1.05. The SMILES string of the molecule is C=C(C)C(C)CC[C@@H](C)[C@H]1CC[C@@]2(C)[C@@H]3CC[C@H]4C(C)(C)C(OC(=O)CCCCCCC/C=C\C/C=C\CCCCC)CC[C@@]45C[C@@]35CC[C@]12C. The lowest BCUT2D eigenvalue weighted by atomic mass is 9.41. The third-order valence-corrected chi connectivity index (χ3v) is 17.3. The van der Waals surface area contributed by atoms with Crippen molar-refractivity contribution in [2.24, 2.45) is 56.7 Å². The smallest absolute Gasteiger partial charge is 0.306 e. The summed E-state index contributed by atoms with van der Waals surface area (Å²) in [5.41, 5.74) is 3.46. The van der Waals surface area contributed by atoms with Crippen molar-refractivity contribution in [3.8, 4) is 0 Å². The van der Waals surface area contributed by atoms with E-state index < -0.39 is 0 Å². The Morgan fingerprint density at radius 2 is 1.39 bits per heavy atom. The summed E-state index contributed by atoms with van der Waals surface area (Å²) in [6, 6.07) is 0. The van der Waals surface area contributed by atoms with Gasteiger partial charge in [-0.15, -0.1) is 0 Å². The first-order valence-electron chi connectivity index (χ1n) is 22.4. The Kier molecular flexibility index (Phi) is 13.6. The Labute approximate surface area is 316 Å². The van der Waals surface area contributed by atoms with Gasteiger partial charge in [-0.05, 0) is 167 Å². The minimum absolute atomic E-state index is 0.0682. The second kappa shape index (κ2) is 17.0. The van der Waals surface area contributed by atoms with Crippen molar-refractivity contribution in [3.05, 3.63) is 36.5 Å². The number of carbonyl (C=O) groups excluding carboxylic acids is 1. The third-order valence-electron chi connectivity index (χ3n) is 17.3. The van der Waals surface area contributed by atoms with Gasteiger partial charge in [0.1, 0.15) is 6.10 Å². The summed E-state index contributed by atoms with van der Waals surface area (Å²) in [5.74, 6) is 3.99. The summed E-state index contributed by atoms with van der Waals surface area (Å²) in [4.78, 5) is 13.2. The molecule has 5 fully saturated rings. The van der Waals surface area contributed by atoms with E-state index in [-0.39, 0.29) is 17.5 Å². The van der Waals surface area contributed by atoms with E-state index in [9.17, 15) is 4.79 Å². The molecular formula is C49H82O2. The van der Waals surface area contributed by atoms with Gasteiger partial charge in [-0.2, -0.15) is 0 Å². The molecule has 5 saturated carbocycles. The number of fused-ring (bicyclic) bond motifs is 2. The summed E-state index contributed by atoms with van der Waals surface area (Å²) in [5, 5.41) is 0. The second-order valence-corrected chi connectivity index (χ2v) is 20.3. The topological polar surface area (TPSA) is 26.3 Å². The van der Waals surface area contributed by atoms with Crippen molar-refractivity contribution in [1.82, 2.24) is 0 Å². The molecule has 2 nitrogen and oxygen atoms in total. The van der Waals surface area contributed by atoms with Crippen molar-refractivity contribution >= 4 is 5.97 Å². The third kappa shape index (κ3) is 8.07. The van der Waals surface area contributed by atoms with Gasteiger partial charge in [0.2, 0.25) is 0 Å². The Morgan fingerprint density at radius 3 is 2.10 bits per heavy atom. The van der Waals surface area contributed by atoms with Crippen LogP contribution in [0.4, 0.5) is 0 Å². The van der Waals surface area contributed by atoms with E-state index in [1.165, 1.54) is 121 Å². The number of esters is 1. The predicted molar refractivity (Wildman–Crippen MR) is 218 cm³/mol. The van der Waals surface area contributed by atoms with E-state index in [1.807, 2.05) is 0 Å². The van der Waals surface area contributed by atoms with Gasteiger partial charge in [0.05, 0.1) is 0 Å². The molecule has 2 spiro atoms. The zero-order valence-electron chi connectivity index (χ0n) is 35.1. The van der Waals surface area contributed by atoms with Gasteiger partial charge >= 0.3 is 5.97 Å². The second-order valence-electron chi connectivity index (χ2n) is 20.3. The van der Waals surface area contributed by atoms with Crippen molar-refractivity contribution in [2.45, 2.75) is 209 Å². The molecule has 5 rings (SSSR count). The first kappa shape index (κ1) is 40.9. The molecule has 0 aromatic carbocycles. The van der Waals surface area contributed by atoms with E-state index in [0.29, 0.717) is 39.9 Å². The van der Waals surface area contributed by atoms with Crippen molar-refractivity contribution in [2.75, 3.05) is 0 Å². The molecule has 0 aromatic heterocycles. The highest BCUT2D eigenvalue weighted by atomic mass is 16.5. The van der Waals surface area contributed by atoms with E-state index >= 15 is 0 Å². The summed E-state index contributed by atoms with van der Waals surface area (Å²) in [7, 11) is 0. The standard InChI is InChI=1S/C49H82O2/c1-10-11-12-13-14-15-16-17-18-19-20-21-22-23-24-25-44(50)51-43-31-33-48-36-49(48)35-34-46(8)40(39(5)27-26-38(4)37(2)3)30-32-47(46,9)42(49)29-28-41(48)45(43,6)7/h14-15,17-18,38-43H,2,10-13,16,19-36H2,1,3-9H3/b15-14-,18-17-/t38?,39-,40-,41+,42+,43?,46-,47+,48-,49+/m1/s1. The monoisotopic (exact) mass is 703 g/mol. The molecule has 290 valence electrons. The molecule has 5 aliphatic rings. The molecule has 5 aliphatic carbocycles. The van der Waals surface area contributed by atoms with Gasteiger partial charge in [-0.3, -0.25) is 4.79 Å². The first-order chi connectivity index (χ1) is 24.3. The maximum absolute atomic E-state index is 13.2. The highest BCUT2D eigenvalue weighted by molar-refractivity contribution is 5.69. The number of carbonyl (C=O) groups is 1. The van der Waals surface area contributed by atoms with Crippen LogP contribution in [0.15, 0.2) is 36.5 Å². The lowest BCUT2D eigenvalue weighted by Crippen LogP contribution is -2.58. The van der Waals surface area contributed by atoms with Crippen molar-refractivity contribution < 1.29 is 9.53 Å². The highest BCUT2D eigenvalue weighted by Crippen LogP contribution is 2.89. The molecule has 0 heterocycles. The fourth-order valence-corrected chi connectivity index (χ4v) is 13.8. The Bertz CT molecular complexity index is 1220. The van der Waals surface area contributed by atoms with Crippen LogP contribution in [0.3, 0.4) is 0 Å². The average Bonchev–Trinajstić information content (AvgIpc) is 3.67. The maximum atomic E-state index is 13.2. The summed E-state index contributed by atoms with van der Waals surface area (Å²) in [6.45, 7) is 24.2. The summed E-state index contributed by atoms with van der Waals surface area (Å²) >= 11 is 0. The van der Waals surface area contributed by atoms with Crippen LogP contribution in [0.25, 0.3) is 0 Å². The molecular weight excluding hydrogens is 621 g/mol. The van der Waals surface area contributed by atoms with Crippen LogP contribution < -0.4 is 0 Å². The molecule has 0 bridgehead atoms. The summed E-state index contributed by atoms with van der Waals surface area (Å²) in [6.07, 6.45) is 38.4. The van der Waals surface area contributed by atoms with Gasteiger partial charge < -0.3 is 4.74 Å². The van der Waals surface area contributed by atoms with Gasteiger partial charge in [0.15, 0.2) is 0 Å². The molecule has 0 saturated heterocycles. The van der Waals surface area contributed by atoms with E-state index in [1.54, 1.807) is 0 Å². The van der Waals surface area contributed by atoms with Crippen molar-refractivity contribution in [1.29, 1.82) is 0 Å². The predicted octanol–water partition coefficient (Wildman–Crippen LogP) is 14.8. The fourth-order valence-electron chi connectivity index (χ4n) is 13.8. The van der Waals surface area contributed by atoms with Gasteiger partial charge in [0.25, 0.3) is 0 Å². The molecule has 0 radical (unpaired) electrons. The zero-order valence-corrected chi connectivity index (χ0v) is 35.1. The molecule has 51 heavy (non-hydrogen) atoms. The van der Waals surface area contributed by atoms with Crippen LogP contribution in [0.2, 0.25) is 0 Å². The van der Waals surface area contributed by atoms with Crippen LogP contribution >= 0.6 is 0 Å². The van der Waals surface area contributed by atoms with Gasteiger partial charge in [-0.1, -0.05) is 117 Å². The highest BCUT2D eigenvalue weighted by Gasteiger charge is 2.82. The van der Waals surface area contributed by atoms with Gasteiger partial charge in [-0.25, -0.2) is 0 Å². The zero-order chi connectivity index (χ0) is 36.9. The average molecular weight is 703 g/mol. The first-order valence-corrected chi connectivity index (χ1v) is 22.4. The van der Waals surface area contributed by atoms with E-state index in [2.05, 4.69) is 86.3 Å². The normalized spacial score (nSPS) is 37.7. The number of hydrogen-bond acceptors (Lipinski definition) is 2. The largest absolute Gasteiger partial charge is 0.462 e.